The van der Waals surface area contributed by atoms with Gasteiger partial charge in [0.2, 0.25) is 11.8 Å². The SMILES string of the molecule is [2H]C1([2H])CC([2H])(N2C(=O)c3cccc(N)c3C2([2H])[2H])C(=O)NC1=O. The molecule has 0 radical (unpaired) electrons. The van der Waals surface area contributed by atoms with Gasteiger partial charge >= 0.3 is 0 Å². The van der Waals surface area contributed by atoms with Crippen LogP contribution in [0.25, 0.3) is 0 Å². The lowest BCUT2D eigenvalue weighted by Gasteiger charge is -2.29. The molecule has 0 spiro atoms. The Bertz CT molecular complexity index is 797. The normalized spacial score (nSPS) is 35.5. The number of benzene rings is 1. The van der Waals surface area contributed by atoms with Gasteiger partial charge in [0, 0.05) is 32.4 Å². The molecule has 3 N–H and O–H groups in total. The van der Waals surface area contributed by atoms with Crippen LogP contribution in [0.5, 0.6) is 0 Å². The van der Waals surface area contributed by atoms with Gasteiger partial charge in [-0.15, -0.1) is 0 Å². The summed E-state index contributed by atoms with van der Waals surface area (Å²) in [6, 6.07) is 1.50. The molecule has 3 rings (SSSR count). The zero-order valence-corrected chi connectivity index (χ0v) is 9.69. The van der Waals surface area contributed by atoms with Crippen LogP contribution in [0.3, 0.4) is 0 Å². The molecule has 0 aromatic heterocycles. The first-order chi connectivity index (χ1) is 10.9. The zero-order chi connectivity index (χ0) is 18.1. The molecule has 2 heterocycles. The molecule has 6 heteroatoms. The number of carbonyl (C=O) groups is 3. The molecule has 1 unspecified atom stereocenters. The third-order valence-corrected chi connectivity index (χ3v) is 2.93. The molecule has 1 atom stereocenters. The first-order valence-electron chi connectivity index (χ1n) is 8.02. The van der Waals surface area contributed by atoms with E-state index in [1.54, 1.807) is 5.32 Å². The number of fused-ring (bicyclic) bond motifs is 1. The minimum atomic E-state index is -2.64. The average Bonchev–Trinajstić information content (AvgIpc) is 2.65. The van der Waals surface area contributed by atoms with Crippen molar-refractivity contribution >= 4 is 23.4 Å². The minimum absolute atomic E-state index is 0.0211. The fourth-order valence-corrected chi connectivity index (χ4v) is 1.99. The van der Waals surface area contributed by atoms with Crippen LogP contribution >= 0.6 is 0 Å². The highest BCUT2D eigenvalue weighted by Crippen LogP contribution is 2.30. The lowest BCUT2D eigenvalue weighted by molar-refractivity contribution is -0.136. The summed E-state index contributed by atoms with van der Waals surface area (Å²) >= 11 is 0. The second-order valence-electron chi connectivity index (χ2n) is 4.11. The maximum Gasteiger partial charge on any atom is 0.255 e. The van der Waals surface area contributed by atoms with E-state index in [9.17, 15) is 14.4 Å². The summed E-state index contributed by atoms with van der Waals surface area (Å²) in [6.07, 6.45) is -3.59. The van der Waals surface area contributed by atoms with Crippen molar-refractivity contribution in [1.29, 1.82) is 0 Å². The van der Waals surface area contributed by atoms with Gasteiger partial charge in [0.05, 0.1) is 4.11 Å². The van der Waals surface area contributed by atoms with Crippen LogP contribution in [-0.4, -0.2) is 28.6 Å². The van der Waals surface area contributed by atoms with Crippen molar-refractivity contribution in [2.24, 2.45) is 0 Å². The Morgan fingerprint density at radius 3 is 2.95 bits per heavy atom. The smallest absolute Gasteiger partial charge is 0.255 e. The summed E-state index contributed by atoms with van der Waals surface area (Å²) in [4.78, 5) is 36.7. The fourth-order valence-electron chi connectivity index (χ4n) is 1.99. The highest BCUT2D eigenvalue weighted by Gasteiger charge is 2.39. The Kier molecular flexibility index (Phi) is 1.56. The molecule has 0 aliphatic carbocycles. The number of nitrogens with two attached hydrogens (primary N) is 1. The van der Waals surface area contributed by atoms with Crippen LogP contribution in [0, 0.1) is 0 Å². The summed E-state index contributed by atoms with van der Waals surface area (Å²) in [5.74, 6) is -3.44. The molecule has 1 aromatic rings. The molecule has 3 amide bonds. The number of nitrogens with one attached hydrogen (secondary N) is 1. The second-order valence-corrected chi connectivity index (χ2v) is 4.11. The summed E-state index contributed by atoms with van der Waals surface area (Å²) in [5, 5.41) is 1.70. The summed E-state index contributed by atoms with van der Waals surface area (Å²) in [7, 11) is 0. The molecule has 6 nitrogen and oxygen atoms in total. The molecule has 1 saturated heterocycles. The molecule has 2 aliphatic rings. The predicted octanol–water partition coefficient (Wildman–Crippen LogP) is 0.0298. The van der Waals surface area contributed by atoms with E-state index in [4.69, 9.17) is 12.6 Å². The number of hydrogen-bond donors (Lipinski definition) is 2. The number of nitrogen functional groups attached to an aromatic ring is 1. The molecule has 0 saturated carbocycles. The van der Waals surface area contributed by atoms with E-state index in [1.807, 2.05) is 0 Å². The van der Waals surface area contributed by atoms with Gasteiger partial charge in [0.1, 0.15) is 6.02 Å². The fraction of sp³-hybridized carbons (Fsp3) is 0.308. The first-order valence-corrected chi connectivity index (χ1v) is 5.52. The highest BCUT2D eigenvalue weighted by atomic mass is 16.2. The lowest BCUT2D eigenvalue weighted by atomic mass is 10.0. The molecule has 98 valence electrons. The van der Waals surface area contributed by atoms with E-state index in [0.717, 1.165) is 0 Å². The van der Waals surface area contributed by atoms with Gasteiger partial charge in [-0.25, -0.2) is 0 Å². The average molecular weight is 264 g/mol. The lowest BCUT2D eigenvalue weighted by Crippen LogP contribution is -2.52. The number of amides is 3. The molecule has 1 aromatic carbocycles. The predicted molar refractivity (Wildman–Crippen MR) is 66.9 cm³/mol. The van der Waals surface area contributed by atoms with Gasteiger partial charge in [-0.05, 0) is 18.6 Å². The van der Waals surface area contributed by atoms with Crippen molar-refractivity contribution in [3.05, 3.63) is 29.3 Å². The van der Waals surface area contributed by atoms with Crippen LogP contribution in [0.2, 0.25) is 0 Å². The van der Waals surface area contributed by atoms with E-state index >= 15 is 0 Å². The van der Waals surface area contributed by atoms with Crippen LogP contribution in [0.1, 0.15) is 35.6 Å². The largest absolute Gasteiger partial charge is 0.398 e. The van der Waals surface area contributed by atoms with Gasteiger partial charge in [0.25, 0.3) is 5.91 Å². The van der Waals surface area contributed by atoms with E-state index < -0.39 is 43.0 Å². The summed E-state index contributed by atoms with van der Waals surface area (Å²) in [5.41, 5.74) is 5.45. The number of piperidine rings is 1. The Hall–Kier alpha value is -2.37. The molecular weight excluding hydrogens is 246 g/mol. The Balaban J connectivity index is 2.17. The number of anilines is 1. The van der Waals surface area contributed by atoms with Gasteiger partial charge in [-0.1, -0.05) is 6.07 Å². The van der Waals surface area contributed by atoms with Crippen molar-refractivity contribution in [1.82, 2.24) is 10.2 Å². The second kappa shape index (κ2) is 4.08. The van der Waals surface area contributed by atoms with Crippen molar-refractivity contribution in [2.45, 2.75) is 25.3 Å². The van der Waals surface area contributed by atoms with E-state index in [0.29, 0.717) is 4.90 Å². The quantitative estimate of drug-likeness (QED) is 0.553. The Morgan fingerprint density at radius 2 is 2.21 bits per heavy atom. The summed E-state index contributed by atoms with van der Waals surface area (Å²) < 4.78 is 40.0. The maximum absolute atomic E-state index is 12.6. The van der Waals surface area contributed by atoms with Crippen LogP contribution in [0.15, 0.2) is 18.2 Å². The minimum Gasteiger partial charge on any atom is -0.398 e. The standard InChI is InChI=1S/C13H13N3O3/c14-9-3-1-2-7-8(9)6-16(13(7)19)10-4-5-11(17)15-12(10)18/h1-3,10H,4-6,14H2,(H,15,17,18)/i5D2,6D2,10D. The van der Waals surface area contributed by atoms with Crippen molar-refractivity contribution in [3.8, 4) is 0 Å². The Labute approximate surface area is 116 Å². The zero-order valence-electron chi connectivity index (χ0n) is 14.7. The van der Waals surface area contributed by atoms with Crippen molar-refractivity contribution in [3.63, 3.8) is 0 Å². The van der Waals surface area contributed by atoms with E-state index in [2.05, 4.69) is 0 Å². The Morgan fingerprint density at radius 1 is 1.42 bits per heavy atom. The number of imide groups is 1. The van der Waals surface area contributed by atoms with Gasteiger partial charge in [-0.2, -0.15) is 0 Å². The topological polar surface area (TPSA) is 92.5 Å². The third kappa shape index (κ3) is 1.76. The number of rotatable bonds is 1. The number of nitrogens with zero attached hydrogens (tertiary/aromatic N) is 1. The third-order valence-electron chi connectivity index (χ3n) is 2.93. The molecule has 1 fully saturated rings. The van der Waals surface area contributed by atoms with Crippen LogP contribution < -0.4 is 11.1 Å². The molecular formula is C13H13N3O3. The van der Waals surface area contributed by atoms with Gasteiger partial charge in [0.15, 0.2) is 0 Å². The van der Waals surface area contributed by atoms with E-state index in [1.165, 1.54) is 18.2 Å². The molecule has 0 bridgehead atoms. The molecule has 2 aliphatic heterocycles. The maximum atomic E-state index is 12.6. The first kappa shape index (κ1) is 7.28. The highest BCUT2D eigenvalue weighted by molar-refractivity contribution is 6.06. The van der Waals surface area contributed by atoms with Gasteiger partial charge < -0.3 is 10.6 Å². The number of hydrogen-bond acceptors (Lipinski definition) is 4. The van der Waals surface area contributed by atoms with E-state index in [-0.39, 0.29) is 16.8 Å². The summed E-state index contributed by atoms with van der Waals surface area (Å²) in [6.45, 7) is -2.60. The van der Waals surface area contributed by atoms with Crippen molar-refractivity contribution < 1.29 is 21.2 Å². The van der Waals surface area contributed by atoms with Crippen LogP contribution in [0.4, 0.5) is 5.69 Å². The van der Waals surface area contributed by atoms with Crippen LogP contribution in [-0.2, 0) is 16.1 Å². The van der Waals surface area contributed by atoms with Crippen molar-refractivity contribution in [2.75, 3.05) is 5.73 Å². The molecule has 19 heavy (non-hydrogen) atoms. The monoisotopic (exact) mass is 264 g/mol. The van der Waals surface area contributed by atoms with Gasteiger partial charge in [-0.3, -0.25) is 19.7 Å². The number of carbonyl (C=O) groups excluding carboxylic acids is 3.